The quantitative estimate of drug-likeness (QED) is 0.841. The fourth-order valence-electron chi connectivity index (χ4n) is 2.46. The zero-order chi connectivity index (χ0) is 15.2. The van der Waals surface area contributed by atoms with Crippen LogP contribution in [0.4, 0.5) is 0 Å². The molecule has 2 rings (SSSR count). The summed E-state index contributed by atoms with van der Waals surface area (Å²) in [6.07, 6.45) is 3.11. The predicted molar refractivity (Wildman–Crippen MR) is 86.0 cm³/mol. The topological polar surface area (TPSA) is 45.3 Å². The van der Waals surface area contributed by atoms with Gasteiger partial charge in [-0.3, -0.25) is 4.79 Å². The van der Waals surface area contributed by atoms with Crippen LogP contribution in [0.2, 0.25) is 0 Å². The minimum atomic E-state index is 0.0838. The van der Waals surface area contributed by atoms with Crippen LogP contribution in [0, 0.1) is 0 Å². The highest BCUT2D eigenvalue weighted by Crippen LogP contribution is 2.22. The maximum absolute atomic E-state index is 12.6. The van der Waals surface area contributed by atoms with Gasteiger partial charge in [0.2, 0.25) is 0 Å². The number of benzene rings is 1. The van der Waals surface area contributed by atoms with E-state index < -0.39 is 0 Å². The average Bonchev–Trinajstić information content (AvgIpc) is 2.93. The molecule has 0 unspecified atom stereocenters. The zero-order valence-electron chi connectivity index (χ0n) is 13.1. The maximum Gasteiger partial charge on any atom is 0.270 e. The largest absolute Gasteiger partial charge is 0.497 e. The molecule has 1 heterocycles. The second-order valence-corrected chi connectivity index (χ2v) is 5.28. The highest BCUT2D eigenvalue weighted by molar-refractivity contribution is 5.98. The summed E-state index contributed by atoms with van der Waals surface area (Å²) in [6.45, 7) is 5.87. The highest BCUT2D eigenvalue weighted by atomic mass is 16.5. The summed E-state index contributed by atoms with van der Waals surface area (Å²) < 4.78 is 5.22. The van der Waals surface area contributed by atoms with Crippen LogP contribution >= 0.6 is 0 Å². The molecule has 0 atom stereocenters. The molecule has 114 valence electrons. The number of hydrogen-bond donors (Lipinski definition) is 1. The van der Waals surface area contributed by atoms with E-state index in [9.17, 15) is 4.79 Å². The van der Waals surface area contributed by atoms with Crippen molar-refractivity contribution in [2.75, 3.05) is 20.2 Å². The third kappa shape index (κ3) is 3.57. The first-order valence-electron chi connectivity index (χ1n) is 7.65. The summed E-state index contributed by atoms with van der Waals surface area (Å²) in [5.74, 6) is 0.886. The van der Waals surface area contributed by atoms with E-state index in [1.54, 1.807) is 7.11 Å². The van der Waals surface area contributed by atoms with Crippen LogP contribution in [0.15, 0.2) is 24.3 Å². The number of nitrogens with one attached hydrogen (secondary N) is 1. The van der Waals surface area contributed by atoms with Crippen molar-refractivity contribution in [2.45, 2.75) is 33.1 Å². The molecule has 4 heteroatoms. The number of methoxy groups -OCH3 is 1. The molecule has 2 aromatic rings. The van der Waals surface area contributed by atoms with Gasteiger partial charge < -0.3 is 14.6 Å². The number of hydrogen-bond acceptors (Lipinski definition) is 2. The van der Waals surface area contributed by atoms with Crippen LogP contribution in [-0.2, 0) is 0 Å². The Morgan fingerprint density at radius 3 is 2.67 bits per heavy atom. The molecule has 0 fully saturated rings. The first kappa shape index (κ1) is 15.4. The average molecular weight is 288 g/mol. The van der Waals surface area contributed by atoms with Crippen molar-refractivity contribution in [2.24, 2.45) is 0 Å². The van der Waals surface area contributed by atoms with E-state index >= 15 is 0 Å². The van der Waals surface area contributed by atoms with Gasteiger partial charge in [0.25, 0.3) is 5.91 Å². The lowest BCUT2D eigenvalue weighted by atomic mass is 10.2. The number of carbonyl (C=O) groups excluding carboxylic acids is 1. The summed E-state index contributed by atoms with van der Waals surface area (Å²) >= 11 is 0. The number of fused-ring (bicyclic) bond motifs is 1. The second kappa shape index (κ2) is 7.16. The van der Waals surface area contributed by atoms with Gasteiger partial charge in [0, 0.05) is 24.0 Å². The lowest BCUT2D eigenvalue weighted by molar-refractivity contribution is 0.0748. The molecule has 1 N–H and O–H groups in total. The van der Waals surface area contributed by atoms with Gasteiger partial charge in [-0.2, -0.15) is 0 Å². The molecule has 0 aliphatic rings. The standard InChI is InChI=1S/C17H24N2O2/c1-4-6-10-19(9-5-2)17(20)16-12-13-11-14(21-3)7-8-15(13)18-16/h7-8,11-12,18H,4-6,9-10H2,1-3H3. The molecule has 1 aromatic heterocycles. The third-order valence-corrected chi connectivity index (χ3v) is 3.62. The van der Waals surface area contributed by atoms with Crippen molar-refractivity contribution >= 4 is 16.8 Å². The summed E-state index contributed by atoms with van der Waals surface area (Å²) in [7, 11) is 1.65. The molecule has 1 amide bonds. The summed E-state index contributed by atoms with van der Waals surface area (Å²) in [4.78, 5) is 17.8. The Kier molecular flexibility index (Phi) is 5.26. The van der Waals surface area contributed by atoms with Gasteiger partial charge in [0.1, 0.15) is 11.4 Å². The predicted octanol–water partition coefficient (Wildman–Crippen LogP) is 3.83. The maximum atomic E-state index is 12.6. The number of carbonyl (C=O) groups is 1. The van der Waals surface area contributed by atoms with Crippen LogP contribution in [0.1, 0.15) is 43.6 Å². The Morgan fingerprint density at radius 1 is 1.19 bits per heavy atom. The molecule has 21 heavy (non-hydrogen) atoms. The zero-order valence-corrected chi connectivity index (χ0v) is 13.1. The first-order chi connectivity index (χ1) is 10.2. The van der Waals surface area contributed by atoms with Gasteiger partial charge >= 0.3 is 0 Å². The number of unbranched alkanes of at least 4 members (excludes halogenated alkanes) is 1. The Balaban J connectivity index is 2.24. The van der Waals surface area contributed by atoms with E-state index in [0.717, 1.165) is 49.0 Å². The van der Waals surface area contributed by atoms with Gasteiger partial charge in [0.15, 0.2) is 0 Å². The second-order valence-electron chi connectivity index (χ2n) is 5.28. The fourth-order valence-corrected chi connectivity index (χ4v) is 2.46. The van der Waals surface area contributed by atoms with E-state index in [0.29, 0.717) is 5.69 Å². The smallest absolute Gasteiger partial charge is 0.270 e. The van der Waals surface area contributed by atoms with Gasteiger partial charge in [-0.05, 0) is 37.1 Å². The molecule has 1 aromatic carbocycles. The number of aromatic nitrogens is 1. The minimum absolute atomic E-state index is 0.0838. The number of nitrogens with zero attached hydrogens (tertiary/aromatic N) is 1. The molecule has 4 nitrogen and oxygen atoms in total. The SMILES string of the molecule is CCCCN(CCC)C(=O)c1cc2cc(OC)ccc2[nH]1. The van der Waals surface area contributed by atoms with Crippen LogP contribution in [-0.4, -0.2) is 36.0 Å². The van der Waals surface area contributed by atoms with Crippen LogP contribution in [0.25, 0.3) is 10.9 Å². The van der Waals surface area contributed by atoms with Crippen molar-refractivity contribution in [3.8, 4) is 5.75 Å². The summed E-state index contributed by atoms with van der Waals surface area (Å²) in [6, 6.07) is 7.70. The summed E-state index contributed by atoms with van der Waals surface area (Å²) in [5, 5.41) is 1.00. The molecular weight excluding hydrogens is 264 g/mol. The first-order valence-corrected chi connectivity index (χ1v) is 7.65. The lowest BCUT2D eigenvalue weighted by Crippen LogP contribution is -2.32. The van der Waals surface area contributed by atoms with Crippen molar-refractivity contribution in [1.29, 1.82) is 0 Å². The molecule has 0 saturated carbocycles. The van der Waals surface area contributed by atoms with E-state index in [1.807, 2.05) is 29.2 Å². The summed E-state index contributed by atoms with van der Waals surface area (Å²) in [5.41, 5.74) is 1.62. The van der Waals surface area contributed by atoms with Gasteiger partial charge in [-0.15, -0.1) is 0 Å². The fraction of sp³-hybridized carbons (Fsp3) is 0.471. The third-order valence-electron chi connectivity index (χ3n) is 3.62. The van der Waals surface area contributed by atoms with Crippen molar-refractivity contribution in [1.82, 2.24) is 9.88 Å². The normalized spacial score (nSPS) is 10.8. The Labute approximate surface area is 126 Å². The molecule has 0 bridgehead atoms. The molecule has 0 aliphatic carbocycles. The molecule has 0 spiro atoms. The van der Waals surface area contributed by atoms with Crippen LogP contribution < -0.4 is 4.74 Å². The Bertz CT molecular complexity index is 604. The van der Waals surface area contributed by atoms with Gasteiger partial charge in [-0.25, -0.2) is 0 Å². The number of amides is 1. The van der Waals surface area contributed by atoms with E-state index in [1.165, 1.54) is 0 Å². The van der Waals surface area contributed by atoms with Gasteiger partial charge in [0.05, 0.1) is 7.11 Å². The minimum Gasteiger partial charge on any atom is -0.497 e. The number of aromatic amines is 1. The molecule has 0 saturated heterocycles. The van der Waals surface area contributed by atoms with E-state index in [4.69, 9.17) is 4.74 Å². The van der Waals surface area contributed by atoms with Crippen molar-refractivity contribution in [3.05, 3.63) is 30.0 Å². The van der Waals surface area contributed by atoms with Gasteiger partial charge in [-0.1, -0.05) is 20.3 Å². The van der Waals surface area contributed by atoms with Crippen LogP contribution in [0.5, 0.6) is 5.75 Å². The number of ether oxygens (including phenoxy) is 1. The van der Waals surface area contributed by atoms with Crippen molar-refractivity contribution in [3.63, 3.8) is 0 Å². The number of H-pyrrole nitrogens is 1. The lowest BCUT2D eigenvalue weighted by Gasteiger charge is -2.21. The number of rotatable bonds is 7. The highest BCUT2D eigenvalue weighted by Gasteiger charge is 2.16. The molecule has 0 radical (unpaired) electrons. The Morgan fingerprint density at radius 2 is 2.00 bits per heavy atom. The molecular formula is C17H24N2O2. The Hall–Kier alpha value is -1.97. The van der Waals surface area contributed by atoms with Crippen molar-refractivity contribution < 1.29 is 9.53 Å². The molecule has 0 aliphatic heterocycles. The van der Waals surface area contributed by atoms with Crippen LogP contribution in [0.3, 0.4) is 0 Å². The van der Waals surface area contributed by atoms with E-state index in [-0.39, 0.29) is 5.91 Å². The monoisotopic (exact) mass is 288 g/mol. The van der Waals surface area contributed by atoms with E-state index in [2.05, 4.69) is 18.8 Å².